The van der Waals surface area contributed by atoms with Crippen molar-refractivity contribution in [3.63, 3.8) is 0 Å². The molecule has 1 amide bonds. The van der Waals surface area contributed by atoms with E-state index >= 15 is 0 Å². The van der Waals surface area contributed by atoms with Crippen molar-refractivity contribution in [2.75, 3.05) is 5.32 Å². The van der Waals surface area contributed by atoms with Crippen LogP contribution in [0.25, 0.3) is 0 Å². The molecule has 0 aliphatic carbocycles. The first kappa shape index (κ1) is 12.8. The Kier molecular flexibility index (Phi) is 4.11. The first-order valence-electron chi connectivity index (χ1n) is 5.83. The van der Waals surface area contributed by atoms with Gasteiger partial charge in [-0.05, 0) is 36.1 Å². The third kappa shape index (κ3) is 3.09. The van der Waals surface area contributed by atoms with E-state index in [1.165, 1.54) is 11.1 Å². The molecule has 0 bridgehead atoms. The van der Waals surface area contributed by atoms with Crippen LogP contribution >= 0.6 is 0 Å². The van der Waals surface area contributed by atoms with Gasteiger partial charge in [-0.25, -0.2) is 0 Å². The van der Waals surface area contributed by atoms with E-state index in [1.54, 1.807) is 0 Å². The van der Waals surface area contributed by atoms with Gasteiger partial charge in [-0.1, -0.05) is 33.8 Å². The van der Waals surface area contributed by atoms with Gasteiger partial charge in [-0.2, -0.15) is 0 Å². The van der Waals surface area contributed by atoms with Crippen molar-refractivity contribution in [3.05, 3.63) is 29.3 Å². The molecule has 1 aromatic rings. The van der Waals surface area contributed by atoms with Crippen LogP contribution in [0.3, 0.4) is 0 Å². The van der Waals surface area contributed by atoms with Crippen LogP contribution in [0.4, 0.5) is 5.69 Å². The second-order valence-corrected chi connectivity index (χ2v) is 4.87. The Morgan fingerprint density at radius 3 is 2.31 bits per heavy atom. The van der Waals surface area contributed by atoms with Gasteiger partial charge in [0.2, 0.25) is 5.91 Å². The summed E-state index contributed by atoms with van der Waals surface area (Å²) in [5.41, 5.74) is 3.46. The van der Waals surface area contributed by atoms with Gasteiger partial charge in [0.25, 0.3) is 0 Å². The smallest absolute Gasteiger partial charge is 0.226 e. The maximum atomic E-state index is 11.5. The number of rotatable bonds is 3. The van der Waals surface area contributed by atoms with Crippen LogP contribution in [0, 0.1) is 12.8 Å². The van der Waals surface area contributed by atoms with Crippen molar-refractivity contribution in [1.82, 2.24) is 0 Å². The van der Waals surface area contributed by atoms with Gasteiger partial charge in [0.15, 0.2) is 0 Å². The topological polar surface area (TPSA) is 29.1 Å². The Bertz CT molecular complexity index is 386. The summed E-state index contributed by atoms with van der Waals surface area (Å²) in [5, 5.41) is 2.91. The molecule has 0 radical (unpaired) electrons. The normalized spacial score (nSPS) is 10.9. The van der Waals surface area contributed by atoms with Crippen LogP contribution in [0.5, 0.6) is 0 Å². The van der Waals surface area contributed by atoms with Crippen molar-refractivity contribution in [2.24, 2.45) is 5.92 Å². The lowest BCUT2D eigenvalue weighted by Crippen LogP contribution is -2.17. The average molecular weight is 221 g/mol. The SMILES string of the molecule is Cc1cc(NC(=O)C(C)C)ccc1C(C)C.[HH]. The zero-order valence-corrected chi connectivity index (χ0v) is 10.8. The second kappa shape index (κ2) is 5.15. The highest BCUT2D eigenvalue weighted by atomic mass is 16.1. The molecule has 0 saturated heterocycles. The molecule has 1 rings (SSSR count). The summed E-state index contributed by atoms with van der Waals surface area (Å²) < 4.78 is 0. The number of benzene rings is 1. The monoisotopic (exact) mass is 221 g/mol. The zero-order chi connectivity index (χ0) is 12.3. The Balaban J connectivity index is 0.00000256. The molecule has 0 fully saturated rings. The number of aryl methyl sites for hydroxylation is 1. The molecule has 0 heterocycles. The third-order valence-corrected chi connectivity index (χ3v) is 2.68. The predicted octanol–water partition coefficient (Wildman–Crippen LogP) is 3.96. The molecule has 2 nitrogen and oxygen atoms in total. The molecule has 0 unspecified atom stereocenters. The fourth-order valence-corrected chi connectivity index (χ4v) is 1.69. The fourth-order valence-electron chi connectivity index (χ4n) is 1.69. The molecule has 0 aliphatic heterocycles. The van der Waals surface area contributed by atoms with Gasteiger partial charge in [-0.15, -0.1) is 0 Å². The number of hydrogen-bond acceptors (Lipinski definition) is 1. The minimum atomic E-state index is 0. The van der Waals surface area contributed by atoms with E-state index in [4.69, 9.17) is 0 Å². The highest BCUT2D eigenvalue weighted by molar-refractivity contribution is 5.92. The van der Waals surface area contributed by atoms with E-state index in [9.17, 15) is 4.79 Å². The van der Waals surface area contributed by atoms with E-state index in [0.29, 0.717) is 5.92 Å². The summed E-state index contributed by atoms with van der Waals surface area (Å²) in [6.45, 7) is 10.2. The van der Waals surface area contributed by atoms with E-state index in [-0.39, 0.29) is 13.3 Å². The molecule has 0 saturated carbocycles. The molecule has 0 aromatic heterocycles. The van der Waals surface area contributed by atoms with Crippen LogP contribution in [-0.2, 0) is 4.79 Å². The van der Waals surface area contributed by atoms with Crippen molar-refractivity contribution in [3.8, 4) is 0 Å². The third-order valence-electron chi connectivity index (χ3n) is 2.68. The molecule has 2 heteroatoms. The lowest BCUT2D eigenvalue weighted by Gasteiger charge is -2.13. The second-order valence-electron chi connectivity index (χ2n) is 4.87. The first-order chi connectivity index (χ1) is 7.41. The molecule has 0 spiro atoms. The lowest BCUT2D eigenvalue weighted by molar-refractivity contribution is -0.118. The van der Waals surface area contributed by atoms with Gasteiger partial charge in [0.05, 0.1) is 0 Å². The van der Waals surface area contributed by atoms with Crippen molar-refractivity contribution < 1.29 is 6.22 Å². The van der Waals surface area contributed by atoms with Crippen molar-refractivity contribution in [2.45, 2.75) is 40.5 Å². The van der Waals surface area contributed by atoms with E-state index in [1.807, 2.05) is 26.0 Å². The summed E-state index contributed by atoms with van der Waals surface area (Å²) in [6.07, 6.45) is 0. The van der Waals surface area contributed by atoms with Crippen molar-refractivity contribution in [1.29, 1.82) is 0 Å². The van der Waals surface area contributed by atoms with Gasteiger partial charge in [0.1, 0.15) is 0 Å². The number of nitrogens with one attached hydrogen (secondary N) is 1. The number of anilines is 1. The van der Waals surface area contributed by atoms with E-state index in [0.717, 1.165) is 5.69 Å². The molecule has 0 atom stereocenters. The first-order valence-corrected chi connectivity index (χ1v) is 5.83. The average Bonchev–Trinajstić information content (AvgIpc) is 2.16. The predicted molar refractivity (Wildman–Crippen MR) is 70.8 cm³/mol. The standard InChI is InChI=1S/C14H21NO.H2/c1-9(2)13-7-6-12(8-11(13)5)15-14(16)10(3)4;/h6-10H,1-5H3,(H,15,16);1H. The minimum absolute atomic E-state index is 0. The van der Waals surface area contributed by atoms with Gasteiger partial charge in [-0.3, -0.25) is 4.79 Å². The minimum Gasteiger partial charge on any atom is -0.326 e. The molecule has 0 aliphatic rings. The lowest BCUT2D eigenvalue weighted by atomic mass is 9.97. The largest absolute Gasteiger partial charge is 0.326 e. The molecule has 1 aromatic carbocycles. The summed E-state index contributed by atoms with van der Waals surface area (Å²) in [7, 11) is 0. The maximum Gasteiger partial charge on any atom is 0.226 e. The van der Waals surface area contributed by atoms with Gasteiger partial charge >= 0.3 is 0 Å². The summed E-state index contributed by atoms with van der Waals surface area (Å²) in [4.78, 5) is 11.5. The van der Waals surface area contributed by atoms with Crippen LogP contribution < -0.4 is 5.32 Å². The Labute approximate surface area is 99.5 Å². The van der Waals surface area contributed by atoms with Gasteiger partial charge in [0, 0.05) is 13.0 Å². The molecule has 90 valence electrons. The van der Waals surface area contributed by atoms with Gasteiger partial charge < -0.3 is 5.32 Å². The number of hydrogen-bond donors (Lipinski definition) is 1. The maximum absolute atomic E-state index is 11.5. The number of amides is 1. The van der Waals surface area contributed by atoms with Crippen LogP contribution in [0.1, 0.15) is 46.2 Å². The van der Waals surface area contributed by atoms with Crippen LogP contribution in [-0.4, -0.2) is 5.91 Å². The van der Waals surface area contributed by atoms with Crippen LogP contribution in [0.2, 0.25) is 0 Å². The highest BCUT2D eigenvalue weighted by Gasteiger charge is 2.08. The molecular formula is C14H23NO. The number of carbonyl (C=O) groups is 1. The molecular weight excluding hydrogens is 198 g/mol. The van der Waals surface area contributed by atoms with E-state index < -0.39 is 0 Å². The molecule has 16 heavy (non-hydrogen) atoms. The van der Waals surface area contributed by atoms with Crippen molar-refractivity contribution >= 4 is 11.6 Å². The number of carbonyl (C=O) groups excluding carboxylic acids is 1. The summed E-state index contributed by atoms with van der Waals surface area (Å²) >= 11 is 0. The quantitative estimate of drug-likeness (QED) is 0.822. The highest BCUT2D eigenvalue weighted by Crippen LogP contribution is 2.22. The Hall–Kier alpha value is -1.31. The van der Waals surface area contributed by atoms with Crippen LogP contribution in [0.15, 0.2) is 18.2 Å². The summed E-state index contributed by atoms with van der Waals surface area (Å²) in [6, 6.07) is 6.11. The fraction of sp³-hybridized carbons (Fsp3) is 0.500. The zero-order valence-electron chi connectivity index (χ0n) is 10.8. The summed E-state index contributed by atoms with van der Waals surface area (Å²) in [5.74, 6) is 0.608. The van der Waals surface area contributed by atoms with E-state index in [2.05, 4.69) is 32.2 Å². The molecule has 1 N–H and O–H groups in total. The Morgan fingerprint density at radius 1 is 1.25 bits per heavy atom. The Morgan fingerprint density at radius 2 is 1.88 bits per heavy atom.